The lowest BCUT2D eigenvalue weighted by molar-refractivity contribution is -0.140. The number of carbonyl (C=O) groups excluding carboxylic acids is 4. The number of unbranched alkanes of at least 4 members (excludes halogenated alkanes) is 3. The molecule has 4 N–H and O–H groups in total. The third-order valence-corrected chi connectivity index (χ3v) is 11.8. The molecular formula is C37H48N4O6S2. The van der Waals surface area contributed by atoms with Crippen molar-refractivity contribution in [2.45, 2.75) is 87.6 Å². The van der Waals surface area contributed by atoms with Gasteiger partial charge in [0.1, 0.15) is 12.6 Å². The lowest BCUT2D eigenvalue weighted by Gasteiger charge is -2.18. The Labute approximate surface area is 297 Å². The summed E-state index contributed by atoms with van der Waals surface area (Å²) in [5, 5.41) is 12.2. The maximum atomic E-state index is 12.9. The van der Waals surface area contributed by atoms with E-state index in [0.29, 0.717) is 37.5 Å². The zero-order valence-electron chi connectivity index (χ0n) is 28.1. The number of allylic oxidation sites excluding steroid dienone is 1. The Hall–Kier alpha value is -3.64. The molecule has 264 valence electrons. The normalized spacial score (nSPS) is 19.8. The minimum atomic E-state index is -0.867. The largest absolute Gasteiger partial charge is 0.449 e. The van der Waals surface area contributed by atoms with Crippen molar-refractivity contribution in [3.8, 4) is 11.1 Å². The quantitative estimate of drug-likeness (QED) is 0.0595. The molecule has 2 aromatic carbocycles. The number of fused-ring (bicyclic) bond motifs is 4. The fraction of sp³-hybridized carbons (Fsp3) is 0.514. The van der Waals surface area contributed by atoms with Crippen LogP contribution in [0.5, 0.6) is 0 Å². The molecule has 0 unspecified atom stereocenters. The maximum absolute atomic E-state index is 12.9. The molecule has 10 nitrogen and oxygen atoms in total. The van der Waals surface area contributed by atoms with Gasteiger partial charge in [-0.3, -0.25) is 4.79 Å². The molecule has 2 fully saturated rings. The highest BCUT2D eigenvalue weighted by Crippen LogP contribution is 2.44. The van der Waals surface area contributed by atoms with Gasteiger partial charge in [-0.1, -0.05) is 67.4 Å². The number of alkyl carbamates (subject to hydrolysis) is 1. The van der Waals surface area contributed by atoms with E-state index in [4.69, 9.17) is 9.47 Å². The Morgan fingerprint density at radius 1 is 0.980 bits per heavy atom. The van der Waals surface area contributed by atoms with Crippen LogP contribution in [0.3, 0.4) is 0 Å². The lowest BCUT2D eigenvalue weighted by Crippen LogP contribution is -2.42. The first-order valence-electron chi connectivity index (χ1n) is 17.4. The molecule has 0 radical (unpaired) electrons. The average molecular weight is 709 g/mol. The molecule has 49 heavy (non-hydrogen) atoms. The highest BCUT2D eigenvalue weighted by Gasteiger charge is 2.42. The molecule has 4 atom stereocenters. The van der Waals surface area contributed by atoms with Crippen LogP contribution in [0.15, 0.2) is 60.9 Å². The van der Waals surface area contributed by atoms with E-state index >= 15 is 0 Å². The topological polar surface area (TPSA) is 135 Å². The number of hydrogen-bond donors (Lipinski definition) is 4. The number of nitrogens with one attached hydrogen (secondary N) is 4. The molecule has 0 aromatic heterocycles. The van der Waals surface area contributed by atoms with E-state index in [2.05, 4.69) is 45.5 Å². The van der Waals surface area contributed by atoms with Gasteiger partial charge in [0, 0.05) is 35.6 Å². The highest BCUT2D eigenvalue weighted by atomic mass is 32.2. The summed E-state index contributed by atoms with van der Waals surface area (Å²) in [5.41, 5.74) is 4.52. The first kappa shape index (κ1) is 36.6. The first-order valence-corrected chi connectivity index (χ1v) is 19.6. The van der Waals surface area contributed by atoms with Gasteiger partial charge >= 0.3 is 18.1 Å². The van der Waals surface area contributed by atoms with E-state index in [1.165, 1.54) is 6.26 Å². The van der Waals surface area contributed by atoms with Gasteiger partial charge in [0.15, 0.2) is 0 Å². The number of ether oxygens (including phenoxy) is 2. The zero-order valence-corrected chi connectivity index (χ0v) is 29.8. The van der Waals surface area contributed by atoms with E-state index in [9.17, 15) is 19.2 Å². The molecule has 3 aliphatic rings. The molecule has 0 spiro atoms. The summed E-state index contributed by atoms with van der Waals surface area (Å²) in [5.74, 6) is 2.21. The first-order chi connectivity index (χ1) is 23.9. The molecule has 2 aromatic rings. The van der Waals surface area contributed by atoms with E-state index in [1.807, 2.05) is 36.0 Å². The highest BCUT2D eigenvalue weighted by molar-refractivity contribution is 8.00. The summed E-state index contributed by atoms with van der Waals surface area (Å²) >= 11 is 3.77. The monoisotopic (exact) mass is 708 g/mol. The number of carbonyl (C=O) groups is 4. The Bertz CT molecular complexity index is 1430. The summed E-state index contributed by atoms with van der Waals surface area (Å²) in [4.78, 5) is 49.4. The van der Waals surface area contributed by atoms with Crippen molar-refractivity contribution < 1.29 is 28.7 Å². The Kier molecular flexibility index (Phi) is 14.2. The van der Waals surface area contributed by atoms with Crippen LogP contribution in [0.2, 0.25) is 0 Å². The van der Waals surface area contributed by atoms with Crippen LogP contribution < -0.4 is 21.3 Å². The number of thioether (sulfide) groups is 2. The Balaban J connectivity index is 0.930. The fourth-order valence-corrected chi connectivity index (χ4v) is 9.16. The molecule has 2 aliphatic heterocycles. The van der Waals surface area contributed by atoms with Crippen molar-refractivity contribution in [3.05, 3.63) is 72.0 Å². The molecule has 5 rings (SSSR count). The van der Waals surface area contributed by atoms with E-state index < -0.39 is 18.1 Å². The number of rotatable bonds is 19. The molecular weight excluding hydrogens is 661 g/mol. The van der Waals surface area contributed by atoms with Gasteiger partial charge < -0.3 is 30.7 Å². The Morgan fingerprint density at radius 3 is 2.49 bits per heavy atom. The third kappa shape index (κ3) is 10.4. The summed E-state index contributed by atoms with van der Waals surface area (Å²) in [6.45, 7) is 2.40. The second-order valence-electron chi connectivity index (χ2n) is 12.6. The molecule has 0 bridgehead atoms. The molecule has 4 amide bonds. The predicted octanol–water partition coefficient (Wildman–Crippen LogP) is 6.11. The van der Waals surface area contributed by atoms with Crippen LogP contribution in [0.4, 0.5) is 9.59 Å². The minimum absolute atomic E-state index is 0.0216. The summed E-state index contributed by atoms with van der Waals surface area (Å²) in [7, 11) is 0. The van der Waals surface area contributed by atoms with Crippen LogP contribution >= 0.6 is 23.5 Å². The van der Waals surface area contributed by atoms with Crippen LogP contribution in [0.1, 0.15) is 75.3 Å². The van der Waals surface area contributed by atoms with Crippen LogP contribution in [-0.2, 0) is 19.1 Å². The molecule has 2 saturated heterocycles. The number of benzene rings is 2. The van der Waals surface area contributed by atoms with Gasteiger partial charge in [0.05, 0.1) is 18.3 Å². The number of urea groups is 1. The number of amides is 4. The Morgan fingerprint density at radius 2 is 1.73 bits per heavy atom. The van der Waals surface area contributed by atoms with Crippen molar-refractivity contribution in [1.29, 1.82) is 0 Å². The van der Waals surface area contributed by atoms with Crippen molar-refractivity contribution in [3.63, 3.8) is 0 Å². The summed E-state index contributed by atoms with van der Waals surface area (Å²) in [6, 6.07) is 15.9. The van der Waals surface area contributed by atoms with Crippen molar-refractivity contribution in [2.75, 3.05) is 30.4 Å². The van der Waals surface area contributed by atoms with Gasteiger partial charge in [-0.25, -0.2) is 14.4 Å². The van der Waals surface area contributed by atoms with Gasteiger partial charge in [-0.2, -0.15) is 23.5 Å². The number of esters is 1. The zero-order chi connectivity index (χ0) is 34.4. The summed E-state index contributed by atoms with van der Waals surface area (Å²) in [6.07, 6.45) is 8.92. The van der Waals surface area contributed by atoms with Crippen LogP contribution in [0.25, 0.3) is 11.1 Å². The number of hydrogen-bond acceptors (Lipinski definition) is 8. The molecule has 2 heterocycles. The van der Waals surface area contributed by atoms with E-state index in [-0.39, 0.29) is 36.5 Å². The van der Waals surface area contributed by atoms with Crippen molar-refractivity contribution in [1.82, 2.24) is 21.3 Å². The van der Waals surface area contributed by atoms with E-state index in [1.54, 1.807) is 24.8 Å². The molecule has 1 aliphatic carbocycles. The predicted molar refractivity (Wildman–Crippen MR) is 196 cm³/mol. The van der Waals surface area contributed by atoms with Gasteiger partial charge in [0.25, 0.3) is 0 Å². The minimum Gasteiger partial charge on any atom is -0.449 e. The lowest BCUT2D eigenvalue weighted by atomic mass is 9.98. The van der Waals surface area contributed by atoms with Gasteiger partial charge in [0.2, 0.25) is 5.91 Å². The standard InChI is InChI=1S/C37H48N4O6S2/c1-2-20-46-35(43)30(40-37(45)47-23-29-27-14-7-5-12-25(27)26-13-6-8-15-28(26)29)16-9-10-19-38-33(42)18-22-48-21-11-3-4-17-32-34-31(24-49-32)39-36(44)41-34/h2,5-8,12-15,20,29-32,34H,3-4,9-11,16-19,21-24H2,1H3,(H,38,42)(H,40,45)(H2,39,41,44)/b20-2+/t30-,31-,32-,34-/m0/s1. The third-order valence-electron chi connectivity index (χ3n) is 9.17. The maximum Gasteiger partial charge on any atom is 0.407 e. The van der Waals surface area contributed by atoms with E-state index in [0.717, 1.165) is 65.2 Å². The summed E-state index contributed by atoms with van der Waals surface area (Å²) < 4.78 is 10.8. The molecule has 0 saturated carbocycles. The van der Waals surface area contributed by atoms with Crippen LogP contribution in [0, 0.1) is 0 Å². The SMILES string of the molecule is C/C=C/OC(=O)[C@H](CCCCNC(=O)CCSCCCCC[C@@H]1SC[C@@H]2NC(=O)N[C@@H]21)NC(=O)OCC1c2ccccc2-c2ccccc21. The fourth-order valence-electron chi connectivity index (χ4n) is 6.67. The van der Waals surface area contributed by atoms with Crippen molar-refractivity contribution >= 4 is 47.5 Å². The second-order valence-corrected chi connectivity index (χ2v) is 15.1. The molecule has 12 heteroatoms. The van der Waals surface area contributed by atoms with Gasteiger partial charge in [-0.15, -0.1) is 0 Å². The average Bonchev–Trinajstić information content (AvgIpc) is 3.77. The van der Waals surface area contributed by atoms with Crippen LogP contribution in [-0.4, -0.2) is 77.8 Å². The second kappa shape index (κ2) is 18.9. The smallest absolute Gasteiger partial charge is 0.407 e. The van der Waals surface area contributed by atoms with Gasteiger partial charge in [-0.05, 0) is 67.0 Å². The van der Waals surface area contributed by atoms with Crippen molar-refractivity contribution in [2.24, 2.45) is 0 Å².